The van der Waals surface area contributed by atoms with E-state index in [4.69, 9.17) is 4.74 Å². The Balaban J connectivity index is 1.85. The van der Waals surface area contributed by atoms with Gasteiger partial charge in [-0.15, -0.1) is 0 Å². The molecule has 1 fully saturated rings. The first kappa shape index (κ1) is 17.4. The van der Waals surface area contributed by atoms with Crippen molar-refractivity contribution in [2.24, 2.45) is 5.41 Å². The third-order valence-corrected chi connectivity index (χ3v) is 4.05. The largest absolute Gasteiger partial charge is 0.376 e. The molecule has 1 heterocycles. The summed E-state index contributed by atoms with van der Waals surface area (Å²) >= 11 is 0. The summed E-state index contributed by atoms with van der Waals surface area (Å²) in [6.07, 6.45) is 1.93. The molecule has 0 radical (unpaired) electrons. The third-order valence-electron chi connectivity index (χ3n) is 4.05. The smallest absolute Gasteiger partial charge is 0.235 e. The minimum atomic E-state index is -1.23. The van der Waals surface area contributed by atoms with E-state index in [9.17, 15) is 14.0 Å². The van der Waals surface area contributed by atoms with Gasteiger partial charge in [0.1, 0.15) is 11.2 Å². The maximum absolute atomic E-state index is 13.5. The number of rotatable bonds is 6. The number of benzene rings is 1. The van der Waals surface area contributed by atoms with Crippen molar-refractivity contribution in [1.29, 1.82) is 0 Å². The first-order valence-electron chi connectivity index (χ1n) is 7.83. The van der Waals surface area contributed by atoms with Crippen LogP contribution in [-0.4, -0.2) is 31.1 Å². The fourth-order valence-corrected chi connectivity index (χ4v) is 2.37. The van der Waals surface area contributed by atoms with Crippen molar-refractivity contribution in [1.82, 2.24) is 10.6 Å². The summed E-state index contributed by atoms with van der Waals surface area (Å²) in [5.41, 5.74) is -0.847. The molecular formula is C17H23FN2O3. The van der Waals surface area contributed by atoms with Gasteiger partial charge in [0.05, 0.1) is 6.10 Å². The van der Waals surface area contributed by atoms with Gasteiger partial charge in [-0.05, 0) is 32.8 Å². The molecule has 5 nitrogen and oxygen atoms in total. The Labute approximate surface area is 135 Å². The van der Waals surface area contributed by atoms with Gasteiger partial charge in [-0.2, -0.15) is 0 Å². The van der Waals surface area contributed by atoms with Crippen molar-refractivity contribution in [3.05, 3.63) is 35.6 Å². The molecular weight excluding hydrogens is 299 g/mol. The van der Waals surface area contributed by atoms with Crippen molar-refractivity contribution < 1.29 is 18.7 Å². The van der Waals surface area contributed by atoms with Gasteiger partial charge in [0, 0.05) is 25.3 Å². The fraction of sp³-hybridized carbons (Fsp3) is 0.529. The van der Waals surface area contributed by atoms with Crippen LogP contribution >= 0.6 is 0 Å². The van der Waals surface area contributed by atoms with E-state index >= 15 is 0 Å². The summed E-state index contributed by atoms with van der Waals surface area (Å²) in [5, 5.41) is 5.37. The van der Waals surface area contributed by atoms with Gasteiger partial charge < -0.3 is 15.4 Å². The van der Waals surface area contributed by atoms with Crippen LogP contribution in [0.5, 0.6) is 0 Å². The van der Waals surface area contributed by atoms with Crippen molar-refractivity contribution in [3.63, 3.8) is 0 Å². The molecule has 0 saturated carbocycles. The molecule has 0 aromatic heterocycles. The zero-order chi connectivity index (χ0) is 16.9. The van der Waals surface area contributed by atoms with E-state index in [-0.39, 0.29) is 24.4 Å². The molecule has 2 rings (SSSR count). The highest BCUT2D eigenvalue weighted by Crippen LogP contribution is 2.17. The highest BCUT2D eigenvalue weighted by molar-refractivity contribution is 6.04. The Morgan fingerprint density at radius 3 is 2.61 bits per heavy atom. The van der Waals surface area contributed by atoms with Crippen molar-refractivity contribution in [2.45, 2.75) is 39.3 Å². The highest BCUT2D eigenvalue weighted by atomic mass is 19.1. The Morgan fingerprint density at radius 2 is 1.96 bits per heavy atom. The monoisotopic (exact) mass is 322 g/mol. The van der Waals surface area contributed by atoms with Gasteiger partial charge in [-0.25, -0.2) is 4.39 Å². The lowest BCUT2D eigenvalue weighted by Gasteiger charge is -2.23. The molecule has 1 aliphatic heterocycles. The second-order valence-electron chi connectivity index (χ2n) is 6.24. The van der Waals surface area contributed by atoms with E-state index in [0.717, 1.165) is 12.8 Å². The average Bonchev–Trinajstić information content (AvgIpc) is 3.04. The molecule has 6 heteroatoms. The van der Waals surface area contributed by atoms with E-state index < -0.39 is 11.3 Å². The van der Waals surface area contributed by atoms with Crippen molar-refractivity contribution in [2.75, 3.05) is 13.2 Å². The molecule has 1 aromatic rings. The lowest BCUT2D eigenvalue weighted by atomic mass is 9.91. The fourth-order valence-electron chi connectivity index (χ4n) is 2.37. The number of amides is 2. The Kier molecular flexibility index (Phi) is 5.71. The van der Waals surface area contributed by atoms with E-state index in [1.807, 2.05) is 0 Å². The Hall–Kier alpha value is -1.95. The number of carbonyl (C=O) groups is 2. The van der Waals surface area contributed by atoms with E-state index in [2.05, 4.69) is 10.6 Å². The zero-order valence-electron chi connectivity index (χ0n) is 13.5. The average molecular weight is 322 g/mol. The van der Waals surface area contributed by atoms with Gasteiger partial charge in [0.15, 0.2) is 0 Å². The van der Waals surface area contributed by atoms with Crippen LogP contribution in [0.2, 0.25) is 0 Å². The zero-order valence-corrected chi connectivity index (χ0v) is 13.5. The molecule has 1 saturated heterocycles. The standard InChI is InChI=1S/C17H23FN2O3/c1-17(2,16(22)20-11-13-7-5-9-23-13)15(21)19-10-12-6-3-4-8-14(12)18/h3-4,6,8,13H,5,7,9-11H2,1-2H3,(H,19,21)(H,20,22). The molecule has 1 atom stereocenters. The van der Waals surface area contributed by atoms with Crippen LogP contribution in [-0.2, 0) is 20.9 Å². The van der Waals surface area contributed by atoms with Crippen LogP contribution in [0.15, 0.2) is 24.3 Å². The second-order valence-corrected chi connectivity index (χ2v) is 6.24. The lowest BCUT2D eigenvalue weighted by molar-refractivity contribution is -0.141. The highest BCUT2D eigenvalue weighted by Gasteiger charge is 2.36. The molecule has 1 aromatic carbocycles. The third kappa shape index (κ3) is 4.51. The lowest BCUT2D eigenvalue weighted by Crippen LogP contribution is -2.49. The van der Waals surface area contributed by atoms with Gasteiger partial charge in [0.25, 0.3) is 0 Å². The second kappa shape index (κ2) is 7.55. The number of halogens is 1. The quantitative estimate of drug-likeness (QED) is 0.784. The predicted molar refractivity (Wildman–Crippen MR) is 84.0 cm³/mol. The topological polar surface area (TPSA) is 67.4 Å². The van der Waals surface area contributed by atoms with E-state index in [1.165, 1.54) is 6.07 Å². The molecule has 1 unspecified atom stereocenters. The number of ether oxygens (including phenoxy) is 1. The number of nitrogens with one attached hydrogen (secondary N) is 2. The maximum atomic E-state index is 13.5. The summed E-state index contributed by atoms with van der Waals surface area (Å²) in [4.78, 5) is 24.5. The molecule has 1 aliphatic rings. The molecule has 23 heavy (non-hydrogen) atoms. The number of hydrogen-bond acceptors (Lipinski definition) is 3. The number of carbonyl (C=O) groups excluding carboxylic acids is 2. The van der Waals surface area contributed by atoms with Gasteiger partial charge in [-0.1, -0.05) is 18.2 Å². The van der Waals surface area contributed by atoms with E-state index in [1.54, 1.807) is 32.0 Å². The van der Waals surface area contributed by atoms with Crippen molar-refractivity contribution in [3.8, 4) is 0 Å². The molecule has 0 aliphatic carbocycles. The van der Waals surface area contributed by atoms with Gasteiger partial charge >= 0.3 is 0 Å². The van der Waals surface area contributed by atoms with E-state index in [0.29, 0.717) is 18.7 Å². The van der Waals surface area contributed by atoms with Crippen LogP contribution < -0.4 is 10.6 Å². The minimum Gasteiger partial charge on any atom is -0.376 e. The normalized spacial score (nSPS) is 17.8. The van der Waals surface area contributed by atoms with Crippen LogP contribution in [0.25, 0.3) is 0 Å². The molecule has 2 N–H and O–H groups in total. The number of hydrogen-bond donors (Lipinski definition) is 2. The SMILES string of the molecule is CC(C)(C(=O)NCc1ccccc1F)C(=O)NCC1CCCO1. The molecule has 2 amide bonds. The first-order chi connectivity index (χ1) is 10.9. The molecule has 0 bridgehead atoms. The Bertz CT molecular complexity index is 569. The van der Waals surface area contributed by atoms with Crippen LogP contribution in [0.3, 0.4) is 0 Å². The minimum absolute atomic E-state index is 0.0243. The summed E-state index contributed by atoms with van der Waals surface area (Å²) in [6.45, 7) is 4.27. The molecule has 126 valence electrons. The van der Waals surface area contributed by atoms with Crippen LogP contribution in [0, 0.1) is 11.2 Å². The van der Waals surface area contributed by atoms with Gasteiger partial charge in [0.2, 0.25) is 11.8 Å². The van der Waals surface area contributed by atoms with Crippen molar-refractivity contribution >= 4 is 11.8 Å². The van der Waals surface area contributed by atoms with Crippen LogP contribution in [0.1, 0.15) is 32.3 Å². The summed E-state index contributed by atoms with van der Waals surface area (Å²) < 4.78 is 19.0. The summed E-state index contributed by atoms with van der Waals surface area (Å²) in [6, 6.07) is 6.22. The summed E-state index contributed by atoms with van der Waals surface area (Å²) in [7, 11) is 0. The predicted octanol–water partition coefficient (Wildman–Crippen LogP) is 1.76. The van der Waals surface area contributed by atoms with Gasteiger partial charge in [-0.3, -0.25) is 9.59 Å². The first-order valence-corrected chi connectivity index (χ1v) is 7.83. The Morgan fingerprint density at radius 1 is 1.26 bits per heavy atom. The maximum Gasteiger partial charge on any atom is 0.235 e. The van der Waals surface area contributed by atoms with Crippen LogP contribution in [0.4, 0.5) is 4.39 Å². The molecule has 0 spiro atoms. The summed E-state index contributed by atoms with van der Waals surface area (Å²) in [5.74, 6) is -1.18.